The van der Waals surface area contributed by atoms with E-state index in [2.05, 4.69) is 5.32 Å². The second-order valence-corrected chi connectivity index (χ2v) is 8.13. The maximum atomic E-state index is 13.4. The molecule has 5 nitrogen and oxygen atoms in total. The highest BCUT2D eigenvalue weighted by molar-refractivity contribution is 5.88. The highest BCUT2D eigenvalue weighted by atomic mass is 16.5. The number of hydrogen-bond donors (Lipinski definition) is 1. The summed E-state index contributed by atoms with van der Waals surface area (Å²) in [5.41, 5.74) is 1.96. The smallest absolute Gasteiger partial charge is 0.261 e. The molecule has 172 valence electrons. The molecule has 1 N–H and O–H groups in total. The van der Waals surface area contributed by atoms with Gasteiger partial charge in [-0.1, -0.05) is 85.8 Å². The van der Waals surface area contributed by atoms with Crippen LogP contribution in [0.3, 0.4) is 0 Å². The van der Waals surface area contributed by atoms with Gasteiger partial charge in [0.15, 0.2) is 6.61 Å². The molecule has 0 aromatic heterocycles. The fourth-order valence-corrected chi connectivity index (χ4v) is 3.52. The largest absolute Gasteiger partial charge is 0.484 e. The summed E-state index contributed by atoms with van der Waals surface area (Å²) in [5.74, 6) is 0.231. The molecular weight excluding hydrogens is 412 g/mol. The minimum absolute atomic E-state index is 0.0185. The molecule has 0 saturated heterocycles. The third-order valence-electron chi connectivity index (χ3n) is 5.57. The minimum Gasteiger partial charge on any atom is -0.484 e. The molecule has 33 heavy (non-hydrogen) atoms. The van der Waals surface area contributed by atoms with E-state index in [9.17, 15) is 9.59 Å². The normalized spacial score (nSPS) is 12.4. The number of para-hydroxylation sites is 1. The highest BCUT2D eigenvalue weighted by Gasteiger charge is 2.31. The van der Waals surface area contributed by atoms with Gasteiger partial charge in [-0.05, 0) is 36.6 Å². The molecule has 5 heteroatoms. The number of rotatable bonds is 11. The Morgan fingerprint density at radius 1 is 0.848 bits per heavy atom. The van der Waals surface area contributed by atoms with E-state index in [0.29, 0.717) is 18.7 Å². The average Bonchev–Trinajstić information content (AvgIpc) is 2.86. The lowest BCUT2D eigenvalue weighted by molar-refractivity contribution is -0.143. The summed E-state index contributed by atoms with van der Waals surface area (Å²) in [4.78, 5) is 28.5. The van der Waals surface area contributed by atoms with Crippen molar-refractivity contribution >= 4 is 11.8 Å². The zero-order valence-corrected chi connectivity index (χ0v) is 19.3. The lowest BCUT2D eigenvalue weighted by Crippen LogP contribution is -2.53. The van der Waals surface area contributed by atoms with Crippen LogP contribution in [-0.2, 0) is 22.6 Å². The van der Waals surface area contributed by atoms with Gasteiger partial charge in [-0.25, -0.2) is 0 Å². The molecule has 0 fully saturated rings. The first kappa shape index (κ1) is 24.1. The van der Waals surface area contributed by atoms with Crippen LogP contribution < -0.4 is 10.1 Å². The maximum Gasteiger partial charge on any atom is 0.261 e. The lowest BCUT2D eigenvalue weighted by atomic mass is 10.0. The van der Waals surface area contributed by atoms with Gasteiger partial charge in [0.2, 0.25) is 5.91 Å². The molecule has 0 aliphatic carbocycles. The molecule has 3 rings (SSSR count). The SMILES string of the molecule is CC[C@@H](C)NC(=O)[C@H](Cc1ccccc1)N(Cc1ccccc1)C(=O)COc1ccccc1. The number of nitrogens with one attached hydrogen (secondary N) is 1. The van der Waals surface area contributed by atoms with Gasteiger partial charge in [-0.15, -0.1) is 0 Å². The summed E-state index contributed by atoms with van der Waals surface area (Å²) in [5, 5.41) is 3.07. The van der Waals surface area contributed by atoms with Crippen molar-refractivity contribution in [2.24, 2.45) is 0 Å². The van der Waals surface area contributed by atoms with Crippen LogP contribution in [0.1, 0.15) is 31.4 Å². The van der Waals surface area contributed by atoms with E-state index in [1.165, 1.54) is 0 Å². The van der Waals surface area contributed by atoms with Crippen LogP contribution in [-0.4, -0.2) is 35.4 Å². The second kappa shape index (κ2) is 12.4. The Bertz CT molecular complexity index is 993. The van der Waals surface area contributed by atoms with E-state index >= 15 is 0 Å². The summed E-state index contributed by atoms with van der Waals surface area (Å²) in [6.45, 7) is 4.18. The molecular formula is C28H32N2O3. The standard InChI is InChI=1S/C28H32N2O3/c1-3-22(2)29-28(32)26(19-23-13-7-4-8-14-23)30(20-24-15-9-5-10-16-24)27(31)21-33-25-17-11-6-12-18-25/h4-18,22,26H,3,19-21H2,1-2H3,(H,29,32)/t22-,26+/m1/s1. The predicted molar refractivity (Wildman–Crippen MR) is 131 cm³/mol. The molecule has 0 radical (unpaired) electrons. The van der Waals surface area contributed by atoms with Crippen LogP contribution in [0.5, 0.6) is 5.75 Å². The van der Waals surface area contributed by atoms with Crippen molar-refractivity contribution in [3.63, 3.8) is 0 Å². The Balaban J connectivity index is 1.88. The van der Waals surface area contributed by atoms with Crippen molar-refractivity contribution in [2.75, 3.05) is 6.61 Å². The van der Waals surface area contributed by atoms with Crippen LogP contribution in [0.15, 0.2) is 91.0 Å². The summed E-state index contributed by atoms with van der Waals surface area (Å²) in [6, 6.07) is 28.1. The van der Waals surface area contributed by atoms with Crippen LogP contribution in [0.25, 0.3) is 0 Å². The van der Waals surface area contributed by atoms with E-state index in [0.717, 1.165) is 17.5 Å². The van der Waals surface area contributed by atoms with Crippen LogP contribution in [0.4, 0.5) is 0 Å². The number of amides is 2. The highest BCUT2D eigenvalue weighted by Crippen LogP contribution is 2.16. The Morgan fingerprint density at radius 3 is 1.97 bits per heavy atom. The third-order valence-corrected chi connectivity index (χ3v) is 5.57. The molecule has 2 amide bonds. The Kier molecular flexibility index (Phi) is 9.07. The minimum atomic E-state index is -0.659. The zero-order valence-electron chi connectivity index (χ0n) is 19.3. The maximum absolute atomic E-state index is 13.4. The zero-order chi connectivity index (χ0) is 23.5. The first-order valence-electron chi connectivity index (χ1n) is 11.4. The molecule has 0 spiro atoms. The molecule has 2 atom stereocenters. The van der Waals surface area contributed by atoms with Gasteiger partial charge in [0.1, 0.15) is 11.8 Å². The number of hydrogen-bond acceptors (Lipinski definition) is 3. The molecule has 0 aliphatic heterocycles. The van der Waals surface area contributed by atoms with E-state index in [-0.39, 0.29) is 24.5 Å². The van der Waals surface area contributed by atoms with Gasteiger partial charge in [0.05, 0.1) is 0 Å². The summed E-state index contributed by atoms with van der Waals surface area (Å²) >= 11 is 0. The van der Waals surface area contributed by atoms with Gasteiger partial charge in [-0.3, -0.25) is 9.59 Å². The quantitative estimate of drug-likeness (QED) is 0.469. The van der Waals surface area contributed by atoms with E-state index in [1.807, 2.05) is 105 Å². The molecule has 0 unspecified atom stereocenters. The van der Waals surface area contributed by atoms with Crippen molar-refractivity contribution in [2.45, 2.75) is 45.3 Å². The van der Waals surface area contributed by atoms with Crippen molar-refractivity contribution in [3.8, 4) is 5.75 Å². The van der Waals surface area contributed by atoms with Gasteiger partial charge in [-0.2, -0.15) is 0 Å². The van der Waals surface area contributed by atoms with Crippen molar-refractivity contribution in [1.82, 2.24) is 10.2 Å². The topological polar surface area (TPSA) is 58.6 Å². The molecule has 0 bridgehead atoms. The Morgan fingerprint density at radius 2 is 1.39 bits per heavy atom. The number of carbonyl (C=O) groups is 2. The number of ether oxygens (including phenoxy) is 1. The molecule has 3 aromatic rings. The molecule has 0 aliphatic rings. The van der Waals surface area contributed by atoms with Gasteiger partial charge in [0, 0.05) is 19.0 Å². The van der Waals surface area contributed by atoms with Gasteiger partial charge >= 0.3 is 0 Å². The van der Waals surface area contributed by atoms with Crippen LogP contribution in [0, 0.1) is 0 Å². The number of nitrogens with zero attached hydrogens (tertiary/aromatic N) is 1. The molecule has 3 aromatic carbocycles. The first-order valence-corrected chi connectivity index (χ1v) is 11.4. The number of carbonyl (C=O) groups excluding carboxylic acids is 2. The molecule has 0 heterocycles. The van der Waals surface area contributed by atoms with Crippen molar-refractivity contribution in [3.05, 3.63) is 102 Å². The lowest BCUT2D eigenvalue weighted by Gasteiger charge is -2.32. The molecule has 0 saturated carbocycles. The van der Waals surface area contributed by atoms with E-state index in [4.69, 9.17) is 4.74 Å². The van der Waals surface area contributed by atoms with E-state index < -0.39 is 6.04 Å². The van der Waals surface area contributed by atoms with Crippen LogP contribution in [0.2, 0.25) is 0 Å². The van der Waals surface area contributed by atoms with Crippen molar-refractivity contribution in [1.29, 1.82) is 0 Å². The average molecular weight is 445 g/mol. The fraction of sp³-hybridized carbons (Fsp3) is 0.286. The van der Waals surface area contributed by atoms with Crippen LogP contribution >= 0.6 is 0 Å². The summed E-state index contributed by atoms with van der Waals surface area (Å²) in [6.07, 6.45) is 1.24. The Labute approximate surface area is 196 Å². The monoisotopic (exact) mass is 444 g/mol. The fourth-order valence-electron chi connectivity index (χ4n) is 3.52. The van der Waals surface area contributed by atoms with E-state index in [1.54, 1.807) is 4.90 Å². The Hall–Kier alpha value is -3.60. The summed E-state index contributed by atoms with van der Waals surface area (Å²) < 4.78 is 5.75. The second-order valence-electron chi connectivity index (χ2n) is 8.13. The first-order chi connectivity index (χ1) is 16.1. The van der Waals surface area contributed by atoms with Gasteiger partial charge < -0.3 is 15.0 Å². The third kappa shape index (κ3) is 7.49. The number of benzene rings is 3. The summed E-state index contributed by atoms with van der Waals surface area (Å²) in [7, 11) is 0. The predicted octanol–water partition coefficient (Wildman–Crippen LogP) is 4.62. The van der Waals surface area contributed by atoms with Gasteiger partial charge in [0.25, 0.3) is 5.91 Å². The van der Waals surface area contributed by atoms with Crippen molar-refractivity contribution < 1.29 is 14.3 Å².